The average molecular weight is 586 g/mol. The molecule has 0 unspecified atom stereocenters. The molecule has 2 aliphatic rings. The molecule has 1 amide bonds. The van der Waals surface area contributed by atoms with Gasteiger partial charge in [0.05, 0.1) is 11.2 Å². The summed E-state index contributed by atoms with van der Waals surface area (Å²) in [7, 11) is 0. The fourth-order valence-corrected chi connectivity index (χ4v) is 4.56. The largest absolute Gasteiger partial charge is 0.490 e. The summed E-state index contributed by atoms with van der Waals surface area (Å²) in [6.07, 6.45) is -4.07. The molecule has 2 aliphatic heterocycles. The molecule has 2 aromatic rings. The van der Waals surface area contributed by atoms with Crippen LogP contribution < -0.4 is 5.32 Å². The van der Waals surface area contributed by atoms with E-state index in [1.54, 1.807) is 35.9 Å². The van der Waals surface area contributed by atoms with Crippen LogP contribution in [0.1, 0.15) is 35.2 Å². The van der Waals surface area contributed by atoms with Crippen molar-refractivity contribution in [3.8, 4) is 0 Å². The molecule has 0 radical (unpaired) electrons. The summed E-state index contributed by atoms with van der Waals surface area (Å²) in [6.45, 7) is 3.70. The second-order valence-electron chi connectivity index (χ2n) is 8.63. The van der Waals surface area contributed by atoms with Crippen molar-refractivity contribution in [1.82, 2.24) is 15.2 Å². The molecule has 2 saturated heterocycles. The van der Waals surface area contributed by atoms with E-state index >= 15 is 0 Å². The smallest absolute Gasteiger partial charge is 0.475 e. The van der Waals surface area contributed by atoms with E-state index in [-0.39, 0.29) is 17.6 Å². The van der Waals surface area contributed by atoms with Crippen LogP contribution in [0.3, 0.4) is 0 Å². The Labute approximate surface area is 222 Å². The van der Waals surface area contributed by atoms with Gasteiger partial charge in [-0.05, 0) is 53.8 Å². The number of amides is 1. The van der Waals surface area contributed by atoms with Gasteiger partial charge in [-0.2, -0.15) is 37.7 Å². The van der Waals surface area contributed by atoms with Crippen molar-refractivity contribution in [2.24, 2.45) is 0 Å². The molecular weight excluding hydrogens is 560 g/mol. The molecule has 0 saturated carbocycles. The van der Waals surface area contributed by atoms with Crippen molar-refractivity contribution in [1.29, 1.82) is 0 Å². The number of aliphatic carboxylic acids is 2. The molecule has 0 aliphatic carbocycles. The SMILES string of the molecule is O=C(N[C@@H]1CCO[C@]2(CCN(Cc3ccsc3)C2)C1)c1cccnc1.O=C(O)C(F)(F)F.O=C(O)C(F)(F)F. The Morgan fingerprint density at radius 1 is 1.13 bits per heavy atom. The summed E-state index contributed by atoms with van der Waals surface area (Å²) >= 11 is 1.74. The van der Waals surface area contributed by atoms with Gasteiger partial charge in [-0.25, -0.2) is 9.59 Å². The number of likely N-dealkylation sites (tertiary alicyclic amines) is 1. The molecular formula is C23H25F6N3O6S. The highest BCUT2D eigenvalue weighted by Crippen LogP contribution is 2.35. The third-order valence-electron chi connectivity index (χ3n) is 5.62. The fraction of sp³-hybridized carbons (Fsp3) is 0.478. The molecule has 0 bridgehead atoms. The lowest BCUT2D eigenvalue weighted by Crippen LogP contribution is -2.49. The predicted octanol–water partition coefficient (Wildman–Crippen LogP) is 3.96. The lowest BCUT2D eigenvalue weighted by molar-refractivity contribution is -0.193. The Morgan fingerprint density at radius 2 is 1.77 bits per heavy atom. The second-order valence-corrected chi connectivity index (χ2v) is 9.41. The zero-order valence-electron chi connectivity index (χ0n) is 20.2. The number of carboxylic acid groups (broad SMARTS) is 2. The average Bonchev–Trinajstić information content (AvgIpc) is 3.49. The minimum atomic E-state index is -5.08. The highest BCUT2D eigenvalue weighted by atomic mass is 32.1. The third kappa shape index (κ3) is 10.8. The number of alkyl halides is 6. The van der Waals surface area contributed by atoms with Gasteiger partial charge < -0.3 is 20.3 Å². The first-order valence-electron chi connectivity index (χ1n) is 11.3. The van der Waals surface area contributed by atoms with Crippen molar-refractivity contribution in [2.75, 3.05) is 19.7 Å². The van der Waals surface area contributed by atoms with Gasteiger partial charge in [-0.3, -0.25) is 14.7 Å². The first-order valence-corrected chi connectivity index (χ1v) is 12.2. The van der Waals surface area contributed by atoms with Crippen molar-refractivity contribution in [3.63, 3.8) is 0 Å². The Balaban J connectivity index is 0.000000317. The summed E-state index contributed by atoms with van der Waals surface area (Å²) in [6, 6.07) is 5.95. The Morgan fingerprint density at radius 3 is 2.28 bits per heavy atom. The number of halogens is 6. The molecule has 4 rings (SSSR count). The van der Waals surface area contributed by atoms with Gasteiger partial charge in [-0.1, -0.05) is 0 Å². The number of rotatable bonds is 4. The molecule has 0 aromatic carbocycles. The fourth-order valence-electron chi connectivity index (χ4n) is 3.90. The maximum atomic E-state index is 12.4. The van der Waals surface area contributed by atoms with E-state index in [9.17, 15) is 31.1 Å². The number of nitrogens with one attached hydrogen (secondary N) is 1. The topological polar surface area (TPSA) is 129 Å². The van der Waals surface area contributed by atoms with E-state index < -0.39 is 24.3 Å². The van der Waals surface area contributed by atoms with E-state index in [0.29, 0.717) is 12.2 Å². The van der Waals surface area contributed by atoms with Crippen LogP contribution in [0.2, 0.25) is 0 Å². The summed E-state index contributed by atoms with van der Waals surface area (Å²) in [5.41, 5.74) is 1.88. The first-order chi connectivity index (χ1) is 18.1. The number of ether oxygens (including phenoxy) is 1. The Kier molecular flexibility index (Phi) is 11.2. The van der Waals surface area contributed by atoms with Crippen LogP contribution in [0.5, 0.6) is 0 Å². The van der Waals surface area contributed by atoms with Crippen LogP contribution in [-0.4, -0.2) is 81.6 Å². The lowest BCUT2D eigenvalue weighted by Gasteiger charge is -2.38. The van der Waals surface area contributed by atoms with E-state index in [1.807, 2.05) is 0 Å². The molecule has 2 fully saturated rings. The number of carbonyl (C=O) groups excluding carboxylic acids is 1. The molecule has 16 heteroatoms. The number of thiophene rings is 1. The molecule has 39 heavy (non-hydrogen) atoms. The van der Waals surface area contributed by atoms with E-state index in [2.05, 4.69) is 32.0 Å². The Hall–Kier alpha value is -3.24. The molecule has 216 valence electrons. The minimum absolute atomic E-state index is 0.0386. The van der Waals surface area contributed by atoms with Crippen LogP contribution in [0.15, 0.2) is 41.4 Å². The van der Waals surface area contributed by atoms with Crippen LogP contribution in [0.4, 0.5) is 26.3 Å². The van der Waals surface area contributed by atoms with E-state index in [4.69, 9.17) is 24.5 Å². The number of aromatic nitrogens is 1. The quantitative estimate of drug-likeness (QED) is 0.460. The number of hydrogen-bond acceptors (Lipinski definition) is 7. The number of carboxylic acids is 2. The van der Waals surface area contributed by atoms with Gasteiger partial charge in [0.15, 0.2) is 0 Å². The maximum absolute atomic E-state index is 12.4. The third-order valence-corrected chi connectivity index (χ3v) is 6.35. The minimum Gasteiger partial charge on any atom is -0.475 e. The highest BCUT2D eigenvalue weighted by molar-refractivity contribution is 7.07. The zero-order valence-corrected chi connectivity index (χ0v) is 21.0. The molecule has 9 nitrogen and oxygen atoms in total. The maximum Gasteiger partial charge on any atom is 0.490 e. The first kappa shape index (κ1) is 32.0. The van der Waals surface area contributed by atoms with Gasteiger partial charge in [0.1, 0.15) is 0 Å². The van der Waals surface area contributed by atoms with Crippen molar-refractivity contribution < 1.29 is 55.7 Å². The molecule has 3 N–H and O–H groups in total. The van der Waals surface area contributed by atoms with Gasteiger partial charge in [0, 0.05) is 44.7 Å². The van der Waals surface area contributed by atoms with Crippen LogP contribution in [0.25, 0.3) is 0 Å². The summed E-state index contributed by atoms with van der Waals surface area (Å²) in [5.74, 6) is -5.55. The van der Waals surface area contributed by atoms with Gasteiger partial charge in [-0.15, -0.1) is 0 Å². The molecule has 2 aromatic heterocycles. The van der Waals surface area contributed by atoms with Crippen molar-refractivity contribution >= 4 is 29.2 Å². The monoisotopic (exact) mass is 585 g/mol. The molecule has 4 heterocycles. The molecule has 2 atom stereocenters. The summed E-state index contributed by atoms with van der Waals surface area (Å²) in [4.78, 5) is 36.7. The van der Waals surface area contributed by atoms with Gasteiger partial charge in [0.2, 0.25) is 0 Å². The van der Waals surface area contributed by atoms with E-state index in [1.165, 1.54) is 5.56 Å². The second kappa shape index (κ2) is 13.7. The summed E-state index contributed by atoms with van der Waals surface area (Å²) < 4.78 is 69.7. The van der Waals surface area contributed by atoms with Crippen molar-refractivity contribution in [3.05, 3.63) is 52.5 Å². The van der Waals surface area contributed by atoms with Crippen LogP contribution in [-0.2, 0) is 20.9 Å². The van der Waals surface area contributed by atoms with Gasteiger partial charge >= 0.3 is 24.3 Å². The van der Waals surface area contributed by atoms with Gasteiger partial charge in [0.25, 0.3) is 5.91 Å². The standard InChI is InChI=1S/C19H23N3O2S.2C2HF3O2/c23-18(16-2-1-6-20-11-16)21-17-3-8-24-19(10-17)5-7-22(14-19)12-15-4-9-25-13-15;2*3-2(4,5)1(6)7/h1-2,4,6,9,11,13,17H,3,5,7-8,10,12,14H2,(H,21,23);2*(H,6,7)/t17-,19-;;/m1../s1. The van der Waals surface area contributed by atoms with Crippen LogP contribution in [0, 0.1) is 0 Å². The Bertz CT molecular complexity index is 1060. The number of nitrogens with zero attached hydrogens (tertiary/aromatic N) is 2. The lowest BCUT2D eigenvalue weighted by atomic mass is 9.89. The number of pyridine rings is 1. The molecule has 1 spiro atoms. The summed E-state index contributed by atoms with van der Waals surface area (Å²) in [5, 5.41) is 21.8. The zero-order chi connectivity index (χ0) is 29.3. The van der Waals surface area contributed by atoms with Crippen molar-refractivity contribution in [2.45, 2.75) is 49.8 Å². The highest BCUT2D eigenvalue weighted by Gasteiger charge is 2.43. The van der Waals surface area contributed by atoms with Crippen LogP contribution >= 0.6 is 11.3 Å². The predicted molar refractivity (Wildman–Crippen MR) is 125 cm³/mol. The number of hydrogen-bond donors (Lipinski definition) is 3. The van der Waals surface area contributed by atoms with E-state index in [0.717, 1.165) is 38.9 Å². The number of carbonyl (C=O) groups is 3. The normalized spacial score (nSPS) is 21.2.